The van der Waals surface area contributed by atoms with Gasteiger partial charge in [0.1, 0.15) is 0 Å². The van der Waals surface area contributed by atoms with Crippen molar-refractivity contribution in [3.8, 4) is 0 Å². The summed E-state index contributed by atoms with van der Waals surface area (Å²) in [4.78, 5) is 12.9. The normalized spacial score (nSPS) is 12.1. The molecule has 0 heterocycles. The van der Waals surface area contributed by atoms with Crippen LogP contribution in [0, 0.1) is 0 Å². The van der Waals surface area contributed by atoms with Crippen LogP contribution in [-0.4, -0.2) is 70.7 Å². The number of carbonyl (C=O) groups is 1. The van der Waals surface area contributed by atoms with Gasteiger partial charge in [0.25, 0.3) is 0 Å². The Labute approximate surface area is 110 Å². The van der Waals surface area contributed by atoms with Crippen molar-refractivity contribution in [2.45, 2.75) is 19.3 Å². The Morgan fingerprint density at radius 2 is 1.72 bits per heavy atom. The zero-order chi connectivity index (χ0) is 14.2. The first-order chi connectivity index (χ1) is 8.29. The highest BCUT2D eigenvalue weighted by Gasteiger charge is 2.17. The largest absolute Gasteiger partial charge is 0.469 e. The van der Waals surface area contributed by atoms with Gasteiger partial charge in [0.15, 0.2) is 0 Å². The van der Waals surface area contributed by atoms with Gasteiger partial charge >= 0.3 is 5.97 Å². The smallest absolute Gasteiger partial charge is 0.305 e. The van der Waals surface area contributed by atoms with E-state index in [1.54, 1.807) is 7.05 Å². The Kier molecular flexibility index (Phi) is 8.13. The van der Waals surface area contributed by atoms with E-state index in [-0.39, 0.29) is 18.1 Å². The third-order valence-electron chi connectivity index (χ3n) is 2.56. The highest BCUT2D eigenvalue weighted by atomic mass is 32.2. The molecule has 0 saturated heterocycles. The first-order valence-electron chi connectivity index (χ1n) is 5.95. The summed E-state index contributed by atoms with van der Waals surface area (Å²) in [6.07, 6.45) is 1.23. The fourth-order valence-electron chi connectivity index (χ4n) is 1.41. The number of carbonyl (C=O) groups excluding carboxylic acids is 1. The summed E-state index contributed by atoms with van der Waals surface area (Å²) in [6.45, 7) is 1.35. The summed E-state index contributed by atoms with van der Waals surface area (Å²) in [7, 11) is 3.51. The predicted octanol–water partition coefficient (Wildman–Crippen LogP) is 0.153. The maximum atomic E-state index is 11.8. The molecule has 0 saturated carbocycles. The van der Waals surface area contributed by atoms with Gasteiger partial charge in [-0.15, -0.1) is 0 Å². The zero-order valence-electron chi connectivity index (χ0n) is 11.7. The van der Waals surface area contributed by atoms with Gasteiger partial charge in [0.2, 0.25) is 10.0 Å². The maximum absolute atomic E-state index is 11.8. The van der Waals surface area contributed by atoms with E-state index >= 15 is 0 Å². The first-order valence-corrected chi connectivity index (χ1v) is 7.56. The first kappa shape index (κ1) is 17.3. The SMILES string of the molecule is COC(=O)CCCS(=O)(=O)N(C)CCCN(C)C. The molecule has 0 aliphatic rings. The van der Waals surface area contributed by atoms with Crippen molar-refractivity contribution < 1.29 is 17.9 Å². The van der Waals surface area contributed by atoms with E-state index in [0.717, 1.165) is 13.0 Å². The Morgan fingerprint density at radius 3 is 2.22 bits per heavy atom. The average molecular weight is 280 g/mol. The molecule has 0 aromatic rings. The second-order valence-electron chi connectivity index (χ2n) is 4.47. The van der Waals surface area contributed by atoms with Gasteiger partial charge in [-0.05, 0) is 33.5 Å². The topological polar surface area (TPSA) is 66.9 Å². The quantitative estimate of drug-likeness (QED) is 0.563. The van der Waals surface area contributed by atoms with E-state index < -0.39 is 10.0 Å². The molecule has 6 nitrogen and oxygen atoms in total. The lowest BCUT2D eigenvalue weighted by molar-refractivity contribution is -0.140. The molecule has 108 valence electrons. The van der Waals surface area contributed by atoms with Gasteiger partial charge in [0, 0.05) is 20.0 Å². The van der Waals surface area contributed by atoms with Gasteiger partial charge in [-0.25, -0.2) is 12.7 Å². The third kappa shape index (κ3) is 7.62. The van der Waals surface area contributed by atoms with Crippen molar-refractivity contribution in [1.29, 1.82) is 0 Å². The second-order valence-corrected chi connectivity index (χ2v) is 6.67. The number of ether oxygens (including phenoxy) is 1. The van der Waals surface area contributed by atoms with Gasteiger partial charge in [-0.1, -0.05) is 0 Å². The summed E-state index contributed by atoms with van der Waals surface area (Å²) in [5.41, 5.74) is 0. The highest BCUT2D eigenvalue weighted by molar-refractivity contribution is 7.89. The molecule has 0 N–H and O–H groups in total. The van der Waals surface area contributed by atoms with Gasteiger partial charge < -0.3 is 9.64 Å². The summed E-state index contributed by atoms with van der Waals surface area (Å²) >= 11 is 0. The summed E-state index contributed by atoms with van der Waals surface area (Å²) in [6, 6.07) is 0. The fourth-order valence-corrected chi connectivity index (χ4v) is 2.63. The molecule has 0 unspecified atom stereocenters. The van der Waals surface area contributed by atoms with Crippen LogP contribution < -0.4 is 0 Å². The third-order valence-corrected chi connectivity index (χ3v) is 4.50. The Hall–Kier alpha value is -0.660. The standard InChI is InChI=1S/C11H24N2O4S/c1-12(2)8-6-9-13(3)18(15,16)10-5-7-11(14)17-4/h5-10H2,1-4H3. The second kappa shape index (κ2) is 8.44. The Morgan fingerprint density at radius 1 is 1.11 bits per heavy atom. The molecule has 0 aromatic heterocycles. The van der Waals surface area contributed by atoms with Crippen molar-refractivity contribution in [1.82, 2.24) is 9.21 Å². The molecule has 0 spiro atoms. The Bertz CT molecular complexity index is 341. The van der Waals surface area contributed by atoms with Crippen LogP contribution in [0.2, 0.25) is 0 Å². The van der Waals surface area contributed by atoms with Crippen LogP contribution in [0.3, 0.4) is 0 Å². The van der Waals surface area contributed by atoms with Crippen molar-refractivity contribution >= 4 is 16.0 Å². The molecule has 0 atom stereocenters. The molecule has 0 aliphatic carbocycles. The van der Waals surface area contributed by atoms with Crippen molar-refractivity contribution in [3.63, 3.8) is 0 Å². The lowest BCUT2D eigenvalue weighted by Gasteiger charge is -2.18. The minimum Gasteiger partial charge on any atom is -0.469 e. The number of hydrogen-bond donors (Lipinski definition) is 0. The van der Waals surface area contributed by atoms with Crippen LogP contribution >= 0.6 is 0 Å². The molecule has 0 aliphatic heterocycles. The van der Waals surface area contributed by atoms with Gasteiger partial charge in [-0.2, -0.15) is 0 Å². The van der Waals surface area contributed by atoms with Gasteiger partial charge in [-0.3, -0.25) is 4.79 Å². The molecule has 0 bridgehead atoms. The van der Waals surface area contributed by atoms with E-state index in [1.807, 2.05) is 19.0 Å². The van der Waals surface area contributed by atoms with Crippen LogP contribution in [0.1, 0.15) is 19.3 Å². The lowest BCUT2D eigenvalue weighted by atomic mass is 10.3. The van der Waals surface area contributed by atoms with Crippen LogP contribution in [0.25, 0.3) is 0 Å². The number of hydrogen-bond acceptors (Lipinski definition) is 5. The zero-order valence-corrected chi connectivity index (χ0v) is 12.5. The van der Waals surface area contributed by atoms with Crippen molar-refractivity contribution in [2.75, 3.05) is 47.1 Å². The highest BCUT2D eigenvalue weighted by Crippen LogP contribution is 2.04. The monoisotopic (exact) mass is 280 g/mol. The lowest BCUT2D eigenvalue weighted by Crippen LogP contribution is -2.31. The van der Waals surface area contributed by atoms with Crippen LogP contribution in [0.5, 0.6) is 0 Å². The minimum absolute atomic E-state index is 0.0133. The minimum atomic E-state index is -3.26. The summed E-state index contributed by atoms with van der Waals surface area (Å²) in [5.74, 6) is -0.388. The van der Waals surface area contributed by atoms with E-state index in [1.165, 1.54) is 11.4 Å². The molecule has 0 radical (unpaired) electrons. The molecule has 0 amide bonds. The van der Waals surface area contributed by atoms with E-state index in [9.17, 15) is 13.2 Å². The van der Waals surface area contributed by atoms with Crippen molar-refractivity contribution in [3.05, 3.63) is 0 Å². The predicted molar refractivity (Wildman–Crippen MR) is 70.8 cm³/mol. The number of methoxy groups -OCH3 is 1. The fraction of sp³-hybridized carbons (Fsp3) is 0.909. The number of nitrogens with zero attached hydrogens (tertiary/aromatic N) is 2. The molecule has 0 rings (SSSR count). The molecule has 0 aromatic carbocycles. The summed E-state index contributed by atoms with van der Waals surface area (Å²) < 4.78 is 29.5. The van der Waals surface area contributed by atoms with Crippen LogP contribution in [0.15, 0.2) is 0 Å². The van der Waals surface area contributed by atoms with Crippen LogP contribution in [-0.2, 0) is 19.6 Å². The molecular weight excluding hydrogens is 256 g/mol. The number of rotatable bonds is 9. The van der Waals surface area contributed by atoms with Gasteiger partial charge in [0.05, 0.1) is 12.9 Å². The Balaban J connectivity index is 4.00. The molecule has 0 fully saturated rings. The van der Waals surface area contributed by atoms with Crippen molar-refractivity contribution in [2.24, 2.45) is 0 Å². The van der Waals surface area contributed by atoms with Crippen LogP contribution in [0.4, 0.5) is 0 Å². The van der Waals surface area contributed by atoms with E-state index in [0.29, 0.717) is 13.0 Å². The number of sulfonamides is 1. The van der Waals surface area contributed by atoms with E-state index in [4.69, 9.17) is 0 Å². The average Bonchev–Trinajstić information content (AvgIpc) is 2.27. The summed E-state index contributed by atoms with van der Waals surface area (Å²) in [5, 5.41) is 0. The molecule has 18 heavy (non-hydrogen) atoms. The number of esters is 1. The molecular formula is C11H24N2O4S. The van der Waals surface area contributed by atoms with E-state index in [2.05, 4.69) is 4.74 Å². The molecule has 7 heteroatoms. The maximum Gasteiger partial charge on any atom is 0.305 e.